The van der Waals surface area contributed by atoms with Crippen LogP contribution in [-0.4, -0.2) is 4.98 Å². The van der Waals surface area contributed by atoms with Gasteiger partial charge in [0.05, 0.1) is 0 Å². The molecular weight excluding hydrogens is 198 g/mol. The summed E-state index contributed by atoms with van der Waals surface area (Å²) in [5, 5.41) is 8.45. The summed E-state index contributed by atoms with van der Waals surface area (Å²) in [6.45, 7) is 1.42. The van der Waals surface area contributed by atoms with Gasteiger partial charge in [0.1, 0.15) is 16.9 Å². The van der Waals surface area contributed by atoms with Crippen molar-refractivity contribution in [2.24, 2.45) is 0 Å². The fourth-order valence-electron chi connectivity index (χ4n) is 0.932. The van der Waals surface area contributed by atoms with Crippen LogP contribution in [-0.2, 0) is 0 Å². The Kier molecular flexibility index (Phi) is 2.79. The smallest absolute Gasteiger partial charge is 0.225 e. The summed E-state index contributed by atoms with van der Waals surface area (Å²) in [7, 11) is 0. The molecule has 0 aliphatic carbocycles. The van der Waals surface area contributed by atoms with Gasteiger partial charge in [-0.2, -0.15) is 5.26 Å². The molecule has 5 heteroatoms. The molecule has 1 aromatic heterocycles. The van der Waals surface area contributed by atoms with Gasteiger partial charge >= 0.3 is 0 Å². The molecule has 0 fully saturated rings. The first-order valence-electron chi connectivity index (χ1n) is 3.41. The van der Waals surface area contributed by atoms with Crippen LogP contribution in [0.2, 0.25) is 5.15 Å². The molecular formula is C8H5ClF2N2. The van der Waals surface area contributed by atoms with Gasteiger partial charge in [0.25, 0.3) is 6.43 Å². The molecule has 0 unspecified atom stereocenters. The van der Waals surface area contributed by atoms with E-state index >= 15 is 0 Å². The van der Waals surface area contributed by atoms with E-state index in [1.165, 1.54) is 6.92 Å². The lowest BCUT2D eigenvalue weighted by Crippen LogP contribution is -1.96. The van der Waals surface area contributed by atoms with Crippen molar-refractivity contribution in [2.45, 2.75) is 13.3 Å². The summed E-state index contributed by atoms with van der Waals surface area (Å²) < 4.78 is 24.7. The van der Waals surface area contributed by atoms with E-state index < -0.39 is 6.43 Å². The molecule has 0 spiro atoms. The van der Waals surface area contributed by atoms with Crippen LogP contribution in [0.5, 0.6) is 0 Å². The van der Waals surface area contributed by atoms with Crippen LogP contribution in [0.15, 0.2) is 6.07 Å². The highest BCUT2D eigenvalue weighted by Crippen LogP contribution is 2.26. The molecule has 0 aromatic carbocycles. The lowest BCUT2D eigenvalue weighted by molar-refractivity contribution is 0.150. The zero-order valence-corrected chi connectivity index (χ0v) is 7.44. The maximum Gasteiger partial charge on any atom is 0.264 e. The topological polar surface area (TPSA) is 36.7 Å². The first-order chi connectivity index (χ1) is 6.06. The molecule has 0 bridgehead atoms. The Morgan fingerprint density at radius 1 is 1.62 bits per heavy atom. The average Bonchev–Trinajstić information content (AvgIpc) is 2.08. The molecule has 13 heavy (non-hydrogen) atoms. The van der Waals surface area contributed by atoms with Gasteiger partial charge in [-0.3, -0.25) is 0 Å². The second-order valence-electron chi connectivity index (χ2n) is 2.42. The van der Waals surface area contributed by atoms with Crippen LogP contribution in [0.25, 0.3) is 0 Å². The molecule has 0 saturated carbocycles. The Morgan fingerprint density at radius 2 is 2.23 bits per heavy atom. The van der Waals surface area contributed by atoms with E-state index in [9.17, 15) is 8.78 Å². The second-order valence-corrected chi connectivity index (χ2v) is 2.81. The van der Waals surface area contributed by atoms with Gasteiger partial charge in [-0.15, -0.1) is 0 Å². The van der Waals surface area contributed by atoms with Crippen molar-refractivity contribution < 1.29 is 8.78 Å². The molecule has 0 N–H and O–H groups in total. The highest BCUT2D eigenvalue weighted by molar-refractivity contribution is 6.29. The number of alkyl halides is 2. The summed E-state index contributed by atoms with van der Waals surface area (Å²) >= 11 is 5.45. The number of halogens is 3. The Balaban J connectivity index is 3.38. The molecule has 2 nitrogen and oxygen atoms in total. The third-order valence-corrected chi connectivity index (χ3v) is 1.82. The van der Waals surface area contributed by atoms with Crippen molar-refractivity contribution in [2.75, 3.05) is 0 Å². The number of nitrogens with zero attached hydrogens (tertiary/aromatic N) is 2. The summed E-state index contributed by atoms with van der Waals surface area (Å²) in [5.41, 5.74) is -0.110. The van der Waals surface area contributed by atoms with E-state index in [0.29, 0.717) is 0 Å². The van der Waals surface area contributed by atoms with Crippen molar-refractivity contribution >= 4 is 11.6 Å². The minimum absolute atomic E-state index is 0.0530. The van der Waals surface area contributed by atoms with Gasteiger partial charge in [0.15, 0.2) is 0 Å². The minimum Gasteiger partial charge on any atom is -0.225 e. The van der Waals surface area contributed by atoms with Crippen molar-refractivity contribution in [3.63, 3.8) is 0 Å². The molecule has 1 heterocycles. The standard InChI is InChI=1S/C8H5ClF2N2/c1-4-5(8(10)11)2-7(9)13-6(4)3-12/h2,8H,1H3. The van der Waals surface area contributed by atoms with Crippen molar-refractivity contribution in [3.8, 4) is 6.07 Å². The highest BCUT2D eigenvalue weighted by atomic mass is 35.5. The van der Waals surface area contributed by atoms with Crippen LogP contribution >= 0.6 is 11.6 Å². The maximum atomic E-state index is 12.3. The second kappa shape index (κ2) is 3.67. The van der Waals surface area contributed by atoms with Gasteiger partial charge in [-0.1, -0.05) is 11.6 Å². The molecule has 0 atom stereocenters. The minimum atomic E-state index is -2.63. The molecule has 0 amide bonds. The molecule has 0 aliphatic heterocycles. The molecule has 68 valence electrons. The van der Waals surface area contributed by atoms with Crippen LogP contribution in [0.4, 0.5) is 8.78 Å². The van der Waals surface area contributed by atoms with E-state index in [0.717, 1.165) is 6.07 Å². The Bertz CT molecular complexity index is 371. The first kappa shape index (κ1) is 9.87. The Morgan fingerprint density at radius 3 is 2.69 bits per heavy atom. The van der Waals surface area contributed by atoms with Gasteiger partial charge in [0, 0.05) is 5.56 Å². The number of pyridine rings is 1. The zero-order valence-electron chi connectivity index (χ0n) is 6.68. The normalized spacial score (nSPS) is 10.2. The number of nitriles is 1. The third kappa shape index (κ3) is 1.93. The van der Waals surface area contributed by atoms with Crippen molar-refractivity contribution in [1.29, 1.82) is 5.26 Å². The Hall–Kier alpha value is -1.21. The monoisotopic (exact) mass is 202 g/mol. The zero-order chi connectivity index (χ0) is 10.0. The van der Waals surface area contributed by atoms with E-state index in [1.54, 1.807) is 6.07 Å². The largest absolute Gasteiger partial charge is 0.264 e. The summed E-state index contributed by atoms with van der Waals surface area (Å²) in [5.74, 6) is 0. The van der Waals surface area contributed by atoms with Gasteiger partial charge in [0.2, 0.25) is 0 Å². The van der Waals surface area contributed by atoms with Crippen LogP contribution in [0.1, 0.15) is 23.2 Å². The molecule has 0 saturated heterocycles. The number of hydrogen-bond donors (Lipinski definition) is 0. The number of rotatable bonds is 1. The predicted octanol–water partition coefficient (Wildman–Crippen LogP) is 2.85. The number of hydrogen-bond acceptors (Lipinski definition) is 2. The fourth-order valence-corrected chi connectivity index (χ4v) is 1.13. The van der Waals surface area contributed by atoms with Crippen LogP contribution in [0, 0.1) is 18.3 Å². The predicted molar refractivity (Wildman–Crippen MR) is 43.7 cm³/mol. The average molecular weight is 203 g/mol. The summed E-state index contributed by atoms with van der Waals surface area (Å²) in [6.07, 6.45) is -2.63. The molecule has 0 radical (unpaired) electrons. The van der Waals surface area contributed by atoms with Gasteiger partial charge < -0.3 is 0 Å². The molecule has 0 aliphatic rings. The highest BCUT2D eigenvalue weighted by Gasteiger charge is 2.15. The lowest BCUT2D eigenvalue weighted by Gasteiger charge is -2.05. The summed E-state index contributed by atoms with van der Waals surface area (Å²) in [4.78, 5) is 3.61. The van der Waals surface area contributed by atoms with Crippen LogP contribution < -0.4 is 0 Å². The SMILES string of the molecule is Cc1c(C(F)F)cc(Cl)nc1C#N. The van der Waals surface area contributed by atoms with Crippen LogP contribution in [0.3, 0.4) is 0 Å². The van der Waals surface area contributed by atoms with E-state index in [1.807, 2.05) is 0 Å². The van der Waals surface area contributed by atoms with E-state index in [2.05, 4.69) is 4.98 Å². The number of aromatic nitrogens is 1. The lowest BCUT2D eigenvalue weighted by atomic mass is 10.1. The fraction of sp³-hybridized carbons (Fsp3) is 0.250. The van der Waals surface area contributed by atoms with Gasteiger partial charge in [-0.05, 0) is 18.6 Å². The van der Waals surface area contributed by atoms with E-state index in [4.69, 9.17) is 16.9 Å². The third-order valence-electron chi connectivity index (χ3n) is 1.62. The molecule has 1 rings (SSSR count). The maximum absolute atomic E-state index is 12.3. The quantitative estimate of drug-likeness (QED) is 0.657. The Labute approximate surface area is 78.8 Å². The summed E-state index contributed by atoms with van der Waals surface area (Å²) in [6, 6.07) is 2.77. The van der Waals surface area contributed by atoms with Gasteiger partial charge in [-0.25, -0.2) is 13.8 Å². The van der Waals surface area contributed by atoms with E-state index in [-0.39, 0.29) is 22.0 Å². The van der Waals surface area contributed by atoms with Crippen molar-refractivity contribution in [1.82, 2.24) is 4.98 Å². The van der Waals surface area contributed by atoms with Crippen molar-refractivity contribution in [3.05, 3.63) is 28.0 Å². The first-order valence-corrected chi connectivity index (χ1v) is 3.79. The molecule has 1 aromatic rings.